The number of likely N-dealkylation sites (tertiary alicyclic amines) is 1. The second kappa shape index (κ2) is 10.4. The summed E-state index contributed by atoms with van der Waals surface area (Å²) < 4.78 is 13.7. The third-order valence-electron chi connectivity index (χ3n) is 6.35. The molecule has 5 rings (SSSR count). The van der Waals surface area contributed by atoms with E-state index in [1.54, 1.807) is 12.1 Å². The first-order valence-electron chi connectivity index (χ1n) is 11.7. The van der Waals surface area contributed by atoms with Crippen LogP contribution >= 0.6 is 11.6 Å². The Morgan fingerprint density at radius 1 is 1.14 bits per heavy atom. The maximum absolute atomic E-state index is 13.7. The van der Waals surface area contributed by atoms with Gasteiger partial charge in [-0.2, -0.15) is 0 Å². The smallest absolute Gasteiger partial charge is 0.248 e. The molecule has 1 atom stereocenters. The molecule has 8 heteroatoms. The van der Waals surface area contributed by atoms with Crippen LogP contribution in [-0.4, -0.2) is 40.4 Å². The van der Waals surface area contributed by atoms with Gasteiger partial charge in [0.1, 0.15) is 18.0 Å². The van der Waals surface area contributed by atoms with Crippen LogP contribution in [0, 0.1) is 5.82 Å². The quantitative estimate of drug-likeness (QED) is 0.298. The minimum atomic E-state index is -0.499. The summed E-state index contributed by atoms with van der Waals surface area (Å²) in [6.07, 6.45) is 7.20. The third kappa shape index (κ3) is 5.08. The molecule has 1 aromatic heterocycles. The van der Waals surface area contributed by atoms with E-state index in [-0.39, 0.29) is 17.0 Å². The van der Waals surface area contributed by atoms with Crippen LogP contribution in [0.1, 0.15) is 12.8 Å². The summed E-state index contributed by atoms with van der Waals surface area (Å²) in [4.78, 5) is 24.1. The minimum absolute atomic E-state index is 0.00860. The van der Waals surface area contributed by atoms with Gasteiger partial charge in [0.2, 0.25) is 5.91 Å². The maximum Gasteiger partial charge on any atom is 0.248 e. The van der Waals surface area contributed by atoms with E-state index >= 15 is 0 Å². The Morgan fingerprint density at radius 2 is 1.97 bits per heavy atom. The van der Waals surface area contributed by atoms with Crippen molar-refractivity contribution >= 4 is 45.6 Å². The zero-order valence-electron chi connectivity index (χ0n) is 19.7. The zero-order chi connectivity index (χ0) is 25.1. The summed E-state index contributed by atoms with van der Waals surface area (Å²) >= 11 is 5.99. The van der Waals surface area contributed by atoms with Gasteiger partial charge in [0.05, 0.1) is 15.9 Å². The van der Waals surface area contributed by atoms with Crippen molar-refractivity contribution in [2.24, 2.45) is 0 Å². The number of carbonyl (C=O) groups excluding carboxylic acids is 1. The number of likely N-dealkylation sites (N-methyl/N-ethyl adjacent to an activating group) is 1. The van der Waals surface area contributed by atoms with Crippen LogP contribution in [0.3, 0.4) is 0 Å². The normalized spacial score (nSPS) is 16.0. The highest BCUT2D eigenvalue weighted by Crippen LogP contribution is 2.39. The number of nitrogens with zero attached hydrogens (tertiary/aromatic N) is 3. The average molecular weight is 502 g/mol. The summed E-state index contributed by atoms with van der Waals surface area (Å²) in [5.74, 6) is -0.189. The van der Waals surface area contributed by atoms with E-state index in [1.807, 2.05) is 48.5 Å². The number of nitrogens with one attached hydrogen (secondary N) is 2. The number of anilines is 3. The van der Waals surface area contributed by atoms with E-state index in [0.29, 0.717) is 22.7 Å². The van der Waals surface area contributed by atoms with E-state index in [2.05, 4.69) is 32.5 Å². The molecule has 3 aromatic carbocycles. The molecular formula is C28H25ClFN5O. The van der Waals surface area contributed by atoms with Crippen LogP contribution in [0.4, 0.5) is 21.6 Å². The van der Waals surface area contributed by atoms with Crippen LogP contribution < -0.4 is 10.6 Å². The fourth-order valence-electron chi connectivity index (χ4n) is 4.52. The van der Waals surface area contributed by atoms with E-state index in [9.17, 15) is 9.18 Å². The molecule has 1 amide bonds. The lowest BCUT2D eigenvalue weighted by atomic mass is 9.98. The Morgan fingerprint density at radius 3 is 2.72 bits per heavy atom. The molecule has 1 aliphatic rings. The molecule has 0 saturated carbocycles. The Balaban J connectivity index is 1.57. The molecule has 2 heterocycles. The molecule has 0 radical (unpaired) electrons. The van der Waals surface area contributed by atoms with Crippen molar-refractivity contribution in [3.8, 4) is 11.1 Å². The summed E-state index contributed by atoms with van der Waals surface area (Å²) in [5, 5.41) is 7.02. The van der Waals surface area contributed by atoms with Crippen LogP contribution in [-0.2, 0) is 4.79 Å². The number of amides is 1. The predicted molar refractivity (Wildman–Crippen MR) is 143 cm³/mol. The van der Waals surface area contributed by atoms with E-state index in [1.165, 1.54) is 18.5 Å². The van der Waals surface area contributed by atoms with Gasteiger partial charge >= 0.3 is 0 Å². The number of rotatable bonds is 6. The van der Waals surface area contributed by atoms with Crippen molar-refractivity contribution in [1.82, 2.24) is 14.9 Å². The van der Waals surface area contributed by atoms with Gasteiger partial charge in [0, 0.05) is 29.1 Å². The second-order valence-corrected chi connectivity index (χ2v) is 9.17. The number of aromatic nitrogens is 2. The maximum atomic E-state index is 13.7. The molecule has 0 spiro atoms. The number of fused-ring (bicyclic) bond motifs is 1. The summed E-state index contributed by atoms with van der Waals surface area (Å²) in [6, 6.07) is 18.1. The van der Waals surface area contributed by atoms with Crippen molar-refractivity contribution in [3.63, 3.8) is 0 Å². The predicted octanol–water partition coefficient (Wildman–Crippen LogP) is 6.42. The second-order valence-electron chi connectivity index (χ2n) is 8.76. The van der Waals surface area contributed by atoms with Crippen molar-refractivity contribution in [3.05, 3.63) is 90.0 Å². The molecule has 1 aliphatic heterocycles. The van der Waals surface area contributed by atoms with E-state index in [4.69, 9.17) is 11.6 Å². The van der Waals surface area contributed by atoms with Crippen molar-refractivity contribution in [2.45, 2.75) is 18.9 Å². The lowest BCUT2D eigenvalue weighted by Gasteiger charge is -2.17. The number of carbonyl (C=O) groups is 1. The molecule has 36 heavy (non-hydrogen) atoms. The highest BCUT2D eigenvalue weighted by molar-refractivity contribution is 6.31. The lowest BCUT2D eigenvalue weighted by molar-refractivity contribution is -0.111. The van der Waals surface area contributed by atoms with Gasteiger partial charge in [-0.1, -0.05) is 48.0 Å². The largest absolute Gasteiger partial charge is 0.340 e. The van der Waals surface area contributed by atoms with Gasteiger partial charge in [0.25, 0.3) is 0 Å². The summed E-state index contributed by atoms with van der Waals surface area (Å²) in [7, 11) is 2.07. The highest BCUT2D eigenvalue weighted by Gasteiger charge is 2.19. The Kier molecular flexibility index (Phi) is 6.93. The molecule has 182 valence electrons. The highest BCUT2D eigenvalue weighted by atomic mass is 35.5. The molecule has 4 aromatic rings. The van der Waals surface area contributed by atoms with Gasteiger partial charge in [-0.15, -0.1) is 0 Å². The SMILES string of the molecule is CN1CCC[C@@H]1/C=C/C(=O)Nc1ccc2ncnc(Nc3ccc(F)c(Cl)c3)c2c1-c1ccccc1. The topological polar surface area (TPSA) is 70.2 Å². The van der Waals surface area contributed by atoms with Crippen LogP contribution in [0.5, 0.6) is 0 Å². The number of benzene rings is 3. The molecule has 2 N–H and O–H groups in total. The summed E-state index contributed by atoms with van der Waals surface area (Å²) in [5.41, 5.74) is 3.59. The van der Waals surface area contributed by atoms with Crippen LogP contribution in [0.25, 0.3) is 22.0 Å². The zero-order valence-corrected chi connectivity index (χ0v) is 20.5. The molecule has 1 fully saturated rings. The first-order valence-corrected chi connectivity index (χ1v) is 12.1. The van der Waals surface area contributed by atoms with Gasteiger partial charge in [-0.3, -0.25) is 9.69 Å². The number of halogens is 2. The molecule has 0 unspecified atom stereocenters. The number of hydrogen-bond donors (Lipinski definition) is 2. The lowest BCUT2D eigenvalue weighted by Crippen LogP contribution is -2.23. The van der Waals surface area contributed by atoms with Gasteiger partial charge in [-0.05, 0) is 62.3 Å². The summed E-state index contributed by atoms with van der Waals surface area (Å²) in [6.45, 7) is 1.04. The first-order chi connectivity index (χ1) is 17.5. The molecule has 1 saturated heterocycles. The molecule has 0 bridgehead atoms. The van der Waals surface area contributed by atoms with Crippen molar-refractivity contribution in [2.75, 3.05) is 24.2 Å². The van der Waals surface area contributed by atoms with Gasteiger partial charge in [0.15, 0.2) is 0 Å². The third-order valence-corrected chi connectivity index (χ3v) is 6.64. The molecule has 6 nitrogen and oxygen atoms in total. The van der Waals surface area contributed by atoms with E-state index in [0.717, 1.165) is 35.9 Å². The molecule has 0 aliphatic carbocycles. The number of hydrogen-bond acceptors (Lipinski definition) is 5. The van der Waals surface area contributed by atoms with Crippen molar-refractivity contribution < 1.29 is 9.18 Å². The Bertz CT molecular complexity index is 1440. The van der Waals surface area contributed by atoms with Crippen LogP contribution in [0.2, 0.25) is 5.02 Å². The molecular weight excluding hydrogens is 477 g/mol. The fourth-order valence-corrected chi connectivity index (χ4v) is 4.70. The monoisotopic (exact) mass is 501 g/mol. The fraction of sp³-hybridized carbons (Fsp3) is 0.179. The van der Waals surface area contributed by atoms with Crippen molar-refractivity contribution in [1.29, 1.82) is 0 Å². The van der Waals surface area contributed by atoms with Crippen LogP contribution in [0.15, 0.2) is 79.1 Å². The van der Waals surface area contributed by atoms with E-state index < -0.39 is 5.82 Å². The van der Waals surface area contributed by atoms with Gasteiger partial charge < -0.3 is 10.6 Å². The average Bonchev–Trinajstić information content (AvgIpc) is 3.30. The Labute approximate surface area is 213 Å². The minimum Gasteiger partial charge on any atom is -0.340 e. The standard InChI is InChI=1S/C28H25ClFN5O/c1-35-15-5-8-20(35)10-14-25(36)34-24-13-12-23-27(26(24)18-6-3-2-4-7-18)28(32-17-31-23)33-19-9-11-22(30)21(29)16-19/h2-4,6-7,9-14,16-17,20H,5,8,15H2,1H3,(H,34,36)(H,31,32,33)/b14-10+/t20-/m1/s1. The van der Waals surface area contributed by atoms with Gasteiger partial charge in [-0.25, -0.2) is 14.4 Å². The first kappa shape index (κ1) is 23.9. The Hall–Kier alpha value is -3.81.